The van der Waals surface area contributed by atoms with Crippen LogP contribution in [-0.2, 0) is 104 Å². The molecule has 0 radical (unpaired) electrons. The van der Waals surface area contributed by atoms with Gasteiger partial charge in [0.2, 0.25) is 17.7 Å². The number of nitrogens with one attached hydrogen (secondary N) is 3. The van der Waals surface area contributed by atoms with Gasteiger partial charge in [-0.25, -0.2) is 9.78 Å². The number of fused-ring (bicyclic) bond motifs is 4. The Morgan fingerprint density at radius 3 is 1.24 bits per heavy atom. The molecule has 1 aliphatic heterocycles. The molecule has 17 rings (SSSR count). The molecule has 13 aromatic rings. The molecule has 0 atom stereocenters. The topological polar surface area (TPSA) is 302 Å². The Morgan fingerprint density at radius 1 is 0.432 bits per heavy atom. The molecule has 24 nitrogen and oxygen atoms in total. The van der Waals surface area contributed by atoms with Crippen molar-refractivity contribution >= 4 is 98.8 Å². The Balaban J connectivity index is 0.000000165. The van der Waals surface area contributed by atoms with Crippen LogP contribution in [0.4, 0.5) is 5.82 Å². The van der Waals surface area contributed by atoms with E-state index in [1.807, 2.05) is 164 Å². The van der Waals surface area contributed by atoms with Gasteiger partial charge in [-0.15, -0.1) is 0 Å². The normalized spacial score (nSPS) is 12.7. The molecule has 3 aliphatic carbocycles. The minimum atomic E-state index is -1.04. The number of rotatable bonds is 30. The molecular weight excluding hydrogens is 1830 g/mol. The summed E-state index contributed by atoms with van der Waals surface area (Å²) in [6.45, 7) is 28.0. The second kappa shape index (κ2) is 45.4. The van der Waals surface area contributed by atoms with E-state index in [1.165, 1.54) is 29.5 Å². The van der Waals surface area contributed by atoms with Crippen LogP contribution in [-0.4, -0.2) is 111 Å². The fraction of sp³-hybridized carbons (Fsp3) is 0.306. The van der Waals surface area contributed by atoms with E-state index in [-0.39, 0.29) is 49.1 Å². The lowest BCUT2D eigenvalue weighted by molar-refractivity contribution is -0.191. The highest BCUT2D eigenvalue weighted by Gasteiger charge is 2.35. The fourth-order valence-corrected chi connectivity index (χ4v) is 19.8. The number of aromatic carboxylic acids is 1. The molecule has 3 amide bonds. The third-order valence-electron chi connectivity index (χ3n) is 26.3. The molecule has 4 aliphatic rings. The molecule has 7 heterocycles. The molecule has 718 valence electrons. The molecular formula is C111H115Cl4N13O11. The van der Waals surface area contributed by atoms with Crippen LogP contribution in [0.3, 0.4) is 0 Å². The Hall–Kier alpha value is -13.6. The number of ether oxygens (including phenoxy) is 3. The lowest BCUT2D eigenvalue weighted by Crippen LogP contribution is -2.31. The number of hydrogen-bond donors (Lipinski definition) is 5. The first-order valence-electron chi connectivity index (χ1n) is 46.5. The smallest absolute Gasteiger partial charge is 0.373 e. The van der Waals surface area contributed by atoms with Crippen molar-refractivity contribution in [1.29, 1.82) is 0 Å². The minimum absolute atomic E-state index is 0.0682. The summed E-state index contributed by atoms with van der Waals surface area (Å²) in [4.78, 5) is 85.0. The van der Waals surface area contributed by atoms with Gasteiger partial charge < -0.3 is 45.3 Å². The van der Waals surface area contributed by atoms with Gasteiger partial charge in [-0.05, 0) is 318 Å². The molecule has 0 bridgehead atoms. The first-order chi connectivity index (χ1) is 66.7. The maximum absolute atomic E-state index is 14.2. The minimum Gasteiger partial charge on any atom is -0.494 e. The summed E-state index contributed by atoms with van der Waals surface area (Å²) in [6, 6.07) is 49.4. The van der Waals surface area contributed by atoms with Gasteiger partial charge in [-0.2, -0.15) is 24.9 Å². The number of carboxylic acid groups (broad SMARTS) is 1. The van der Waals surface area contributed by atoms with Crippen molar-refractivity contribution in [3.05, 3.63) is 341 Å². The molecule has 0 saturated carbocycles. The number of benzene rings is 7. The molecule has 0 spiro atoms. The summed E-state index contributed by atoms with van der Waals surface area (Å²) in [5.74, 6) is 1.88. The van der Waals surface area contributed by atoms with Crippen LogP contribution in [0.1, 0.15) is 184 Å². The second-order valence-corrected chi connectivity index (χ2v) is 37.2. The number of aliphatic hydroxyl groups is 1. The van der Waals surface area contributed by atoms with Crippen LogP contribution >= 0.6 is 46.4 Å². The summed E-state index contributed by atoms with van der Waals surface area (Å²) in [6.07, 6.45) is 10.1. The highest BCUT2D eigenvalue weighted by molar-refractivity contribution is 6.34. The van der Waals surface area contributed by atoms with Gasteiger partial charge in [-0.1, -0.05) is 119 Å². The van der Waals surface area contributed by atoms with Crippen molar-refractivity contribution in [2.75, 3.05) is 31.3 Å². The van der Waals surface area contributed by atoms with Gasteiger partial charge >= 0.3 is 12.1 Å². The molecule has 0 unspecified atom stereocenters. The molecule has 139 heavy (non-hydrogen) atoms. The van der Waals surface area contributed by atoms with E-state index in [0.29, 0.717) is 93.3 Å². The number of aliphatic hydroxyl groups excluding tert-OH is 1. The fourth-order valence-electron chi connectivity index (χ4n) is 19.2. The van der Waals surface area contributed by atoms with Crippen molar-refractivity contribution in [2.24, 2.45) is 21.1 Å². The lowest BCUT2D eigenvalue weighted by atomic mass is 9.93. The van der Waals surface area contributed by atoms with Crippen LogP contribution in [0, 0.1) is 83.1 Å². The molecule has 6 aromatic heterocycles. The maximum Gasteiger partial charge on any atom is 0.373 e. The predicted molar refractivity (Wildman–Crippen MR) is 546 cm³/mol. The van der Waals surface area contributed by atoms with E-state index < -0.39 is 5.97 Å². The Kier molecular flexibility index (Phi) is 33.1. The third-order valence-corrected chi connectivity index (χ3v) is 28.4. The van der Waals surface area contributed by atoms with E-state index in [2.05, 4.69) is 134 Å². The van der Waals surface area contributed by atoms with Gasteiger partial charge in [0.25, 0.3) is 0 Å². The molecule has 7 aromatic carbocycles. The molecule has 28 heteroatoms. The van der Waals surface area contributed by atoms with Crippen LogP contribution in [0.15, 0.2) is 181 Å². The first-order valence-corrected chi connectivity index (χ1v) is 48.0. The number of amides is 3. The molecule has 0 fully saturated rings. The number of carbonyl (C=O) groups is 4. The summed E-state index contributed by atoms with van der Waals surface area (Å²) >= 11 is 26.0. The first kappa shape index (κ1) is 101. The largest absolute Gasteiger partial charge is 0.494 e. The van der Waals surface area contributed by atoms with E-state index in [9.17, 15) is 29.4 Å². The standard InChI is InChI=1S/C42H43Cl2N5O2.C34H35ClN4O4.C34H37ClN4O3.CO2/c1-25-20-32(21-26(2)41(25)44)51-19-9-13-33-34-15-16-37(43)40(39-27(3)47-48(5)28(39)4)35(34)22-36(33)42(50)45-23-31-12-8-14-38(46-31)49-18-17-29-10-6-7-11-30(29)24-49;1-19-14-25(15-20(2)32(19)35)43-13-7-10-27-26-8-6-9-28(31-21(3)38-39(5)22(31)4)29(26)17-30(27)33(40)37-18-24-16-23(34(41)42)11-12-36-24;1-20-14-26(15-21(2)33(20)35)42-13-7-10-28-27-8-6-9-29(32-22(3)38-39(5)23(32)4)30(27)17-31(28)34(41)37-18-25-16-24(19-40)11-12-36-25;2-1-3/h6-8,10-12,14-16,20-21H,9,13,17-19,22-24H2,1-5H3,(H,45,50);6,8-9,11-12,14-16H,7,10,13,17-18H2,1-5H3,(H,37,40)(H,41,42);6,8-9,11-12,14-16,40H,7,10,13,17-19H2,1-5H3,(H,37,41);. The number of allylic oxidation sites excluding steroid dienone is 3. The van der Waals surface area contributed by atoms with Crippen molar-refractivity contribution < 1.29 is 53.2 Å². The van der Waals surface area contributed by atoms with Crippen LogP contribution < -0.4 is 35.1 Å². The summed E-state index contributed by atoms with van der Waals surface area (Å²) in [5, 5.41) is 45.0. The highest BCUT2D eigenvalue weighted by Crippen LogP contribution is 2.49. The average molecular weight is 1950 g/mol. The van der Waals surface area contributed by atoms with E-state index in [0.717, 1.165) is 244 Å². The number of aromatic nitrogens is 9. The van der Waals surface area contributed by atoms with Crippen molar-refractivity contribution in [3.8, 4) is 50.6 Å². The highest BCUT2D eigenvalue weighted by atomic mass is 35.5. The van der Waals surface area contributed by atoms with E-state index in [1.54, 1.807) is 12.3 Å². The van der Waals surface area contributed by atoms with E-state index >= 15 is 0 Å². The second-order valence-electron chi connectivity index (χ2n) is 35.7. The summed E-state index contributed by atoms with van der Waals surface area (Å²) in [5.41, 5.74) is 35.8. The van der Waals surface area contributed by atoms with Crippen molar-refractivity contribution in [2.45, 2.75) is 180 Å². The summed E-state index contributed by atoms with van der Waals surface area (Å²) < 4.78 is 24.0. The Labute approximate surface area is 830 Å². The zero-order valence-electron chi connectivity index (χ0n) is 81.1. The SMILES string of the molecule is Cc1cc(OCCCC2=C(C(=O)NCc3cc(C(=O)O)ccn3)Cc3c2cccc3-c2c(C)nn(C)c2C)cc(C)c1Cl.Cc1cc(OCCCC2=C(C(=O)NCc3cc(CO)ccn3)Cc3c2cccc3-c2c(C)nn(C)c2C)cc(C)c1Cl.Cc1cc(OCCCC2=C(C(=O)NCc3cccc(N4CCc5ccccc5C4)n3)Cc3c2ccc(Cl)c3-c2c(C)nn(C)c2C)cc(C)c1Cl.O=C=O. The number of carboxylic acids is 1. The van der Waals surface area contributed by atoms with Crippen molar-refractivity contribution in [1.82, 2.24) is 60.2 Å². The quantitative estimate of drug-likeness (QED) is 0.0261. The van der Waals surface area contributed by atoms with Gasteiger partial charge in [0.1, 0.15) is 23.1 Å². The predicted octanol–water partition coefficient (Wildman–Crippen LogP) is 21.4. The van der Waals surface area contributed by atoms with Crippen LogP contribution in [0.25, 0.3) is 50.1 Å². The number of nitrogens with zero attached hydrogens (tertiary/aromatic N) is 10. The molecule has 0 saturated heterocycles. The summed E-state index contributed by atoms with van der Waals surface area (Å²) in [7, 11) is 5.85. The van der Waals surface area contributed by atoms with Gasteiger partial charge in [0.15, 0.2) is 0 Å². The number of anilines is 1. The third kappa shape index (κ3) is 23.2. The number of aryl methyl sites for hydroxylation is 12. The number of halogens is 4. The Bertz CT molecular complexity index is 6990. The monoisotopic (exact) mass is 1950 g/mol. The number of hydrogen-bond acceptors (Lipinski definition) is 17. The van der Waals surface area contributed by atoms with Crippen LogP contribution in [0.2, 0.25) is 20.1 Å². The zero-order chi connectivity index (χ0) is 99.3. The van der Waals surface area contributed by atoms with E-state index in [4.69, 9.17) is 75.2 Å². The molecule has 5 N–H and O–H groups in total. The van der Waals surface area contributed by atoms with Crippen molar-refractivity contribution in [3.63, 3.8) is 0 Å². The van der Waals surface area contributed by atoms with Gasteiger partial charge in [0, 0.05) is 142 Å². The van der Waals surface area contributed by atoms with Gasteiger partial charge in [0.05, 0.1) is 85.8 Å². The average Bonchev–Trinajstić information content (AvgIpc) is 1.60. The maximum atomic E-state index is 14.2. The zero-order valence-corrected chi connectivity index (χ0v) is 84.1. The number of carbonyl (C=O) groups excluding carboxylic acids is 5. The number of pyridine rings is 3. The van der Waals surface area contributed by atoms with Crippen LogP contribution in [0.5, 0.6) is 17.2 Å². The van der Waals surface area contributed by atoms with Gasteiger partial charge in [-0.3, -0.25) is 38.4 Å². The lowest BCUT2D eigenvalue weighted by Gasteiger charge is -2.30. The Morgan fingerprint density at radius 2 is 0.820 bits per heavy atom.